The van der Waals surface area contributed by atoms with Gasteiger partial charge in [-0.25, -0.2) is 4.98 Å². The van der Waals surface area contributed by atoms with Gasteiger partial charge in [0.2, 0.25) is 0 Å². The van der Waals surface area contributed by atoms with Gasteiger partial charge in [-0.05, 0) is 55.5 Å². The number of anilines is 1. The predicted molar refractivity (Wildman–Crippen MR) is 106 cm³/mol. The predicted octanol–water partition coefficient (Wildman–Crippen LogP) is 5.34. The van der Waals surface area contributed by atoms with Crippen molar-refractivity contribution >= 4 is 28.8 Å². The van der Waals surface area contributed by atoms with Crippen molar-refractivity contribution in [2.45, 2.75) is 6.92 Å². The second-order valence-corrected chi connectivity index (χ2v) is 6.45. The summed E-state index contributed by atoms with van der Waals surface area (Å²) in [5.74, 6) is 1.20. The molecule has 0 spiro atoms. The first-order valence-corrected chi connectivity index (χ1v) is 8.76. The Labute approximate surface area is 161 Å². The van der Waals surface area contributed by atoms with Gasteiger partial charge in [0, 0.05) is 11.9 Å². The van der Waals surface area contributed by atoms with Crippen LogP contribution in [0.5, 0.6) is 11.5 Å². The maximum Gasteiger partial charge on any atom is 0.274 e. The van der Waals surface area contributed by atoms with Crippen molar-refractivity contribution in [1.29, 1.82) is 0 Å². The van der Waals surface area contributed by atoms with E-state index < -0.39 is 0 Å². The van der Waals surface area contributed by atoms with Gasteiger partial charge in [-0.2, -0.15) is 0 Å². The summed E-state index contributed by atoms with van der Waals surface area (Å²) in [4.78, 5) is 17.2. The van der Waals surface area contributed by atoms with E-state index in [2.05, 4.69) is 10.3 Å². The Morgan fingerprint density at radius 1 is 1.00 bits per heavy atom. The van der Waals surface area contributed by atoms with Crippen LogP contribution in [-0.4, -0.2) is 15.3 Å². The van der Waals surface area contributed by atoms with Gasteiger partial charge >= 0.3 is 0 Å². The summed E-state index contributed by atoms with van der Waals surface area (Å²) < 4.78 is 7.45. The quantitative estimate of drug-likeness (QED) is 0.522. The molecule has 2 heterocycles. The van der Waals surface area contributed by atoms with Gasteiger partial charge in [-0.1, -0.05) is 29.8 Å². The number of aryl methyl sites for hydroxylation is 1. The van der Waals surface area contributed by atoms with Gasteiger partial charge in [-0.15, -0.1) is 0 Å². The van der Waals surface area contributed by atoms with E-state index in [1.54, 1.807) is 53.9 Å². The molecule has 0 saturated carbocycles. The van der Waals surface area contributed by atoms with Crippen LogP contribution in [0.15, 0.2) is 72.9 Å². The first-order valence-electron chi connectivity index (χ1n) is 8.39. The van der Waals surface area contributed by atoms with E-state index in [-0.39, 0.29) is 5.91 Å². The molecule has 134 valence electrons. The number of imidazole rings is 1. The number of carbonyl (C=O) groups excluding carboxylic acids is 1. The summed E-state index contributed by atoms with van der Waals surface area (Å²) in [7, 11) is 0. The van der Waals surface area contributed by atoms with Crippen molar-refractivity contribution in [2.75, 3.05) is 5.32 Å². The number of rotatable bonds is 4. The molecule has 0 fully saturated rings. The van der Waals surface area contributed by atoms with Crippen LogP contribution in [0.25, 0.3) is 5.65 Å². The minimum absolute atomic E-state index is 0.251. The highest BCUT2D eigenvalue weighted by atomic mass is 35.5. The van der Waals surface area contributed by atoms with E-state index >= 15 is 0 Å². The fraction of sp³-hybridized carbons (Fsp3) is 0.0476. The lowest BCUT2D eigenvalue weighted by atomic mass is 10.2. The first-order chi connectivity index (χ1) is 13.1. The molecule has 0 saturated heterocycles. The fourth-order valence-electron chi connectivity index (χ4n) is 2.83. The van der Waals surface area contributed by atoms with Crippen molar-refractivity contribution < 1.29 is 9.53 Å². The largest absolute Gasteiger partial charge is 0.457 e. The van der Waals surface area contributed by atoms with E-state index in [4.69, 9.17) is 16.3 Å². The molecule has 2 aromatic heterocycles. The number of aromatic nitrogens is 2. The Morgan fingerprint density at radius 3 is 2.44 bits per heavy atom. The molecule has 5 nitrogen and oxygen atoms in total. The van der Waals surface area contributed by atoms with Gasteiger partial charge in [0.05, 0.1) is 10.7 Å². The highest BCUT2D eigenvalue weighted by Gasteiger charge is 2.17. The zero-order valence-corrected chi connectivity index (χ0v) is 15.3. The number of benzene rings is 2. The van der Waals surface area contributed by atoms with E-state index in [1.165, 1.54) is 0 Å². The molecule has 27 heavy (non-hydrogen) atoms. The second kappa shape index (κ2) is 7.13. The molecule has 0 bridgehead atoms. The number of nitrogens with one attached hydrogen (secondary N) is 1. The summed E-state index contributed by atoms with van der Waals surface area (Å²) in [6, 6.07) is 20.2. The number of ether oxygens (including phenoxy) is 1. The van der Waals surface area contributed by atoms with Crippen LogP contribution in [0.3, 0.4) is 0 Å². The Kier molecular flexibility index (Phi) is 4.52. The summed E-state index contributed by atoms with van der Waals surface area (Å²) in [6.07, 6.45) is 1.68. The summed E-state index contributed by atoms with van der Waals surface area (Å²) in [5, 5.41) is 3.43. The number of halogens is 1. The molecular weight excluding hydrogens is 362 g/mol. The van der Waals surface area contributed by atoms with Crippen LogP contribution >= 0.6 is 11.6 Å². The van der Waals surface area contributed by atoms with E-state index in [0.29, 0.717) is 33.5 Å². The zero-order valence-electron chi connectivity index (χ0n) is 14.5. The average molecular weight is 378 g/mol. The number of amides is 1. The number of pyridine rings is 1. The normalized spacial score (nSPS) is 10.7. The van der Waals surface area contributed by atoms with Crippen molar-refractivity contribution in [2.24, 2.45) is 0 Å². The molecule has 6 heteroatoms. The second-order valence-electron chi connectivity index (χ2n) is 6.01. The molecule has 0 atom stereocenters. The molecule has 0 aliphatic rings. The summed E-state index contributed by atoms with van der Waals surface area (Å²) in [5.41, 5.74) is 2.43. The van der Waals surface area contributed by atoms with E-state index in [9.17, 15) is 4.79 Å². The van der Waals surface area contributed by atoms with Gasteiger partial charge in [0.25, 0.3) is 5.91 Å². The smallest absolute Gasteiger partial charge is 0.274 e. The monoisotopic (exact) mass is 377 g/mol. The maximum atomic E-state index is 12.8. The first kappa shape index (κ1) is 17.1. The Morgan fingerprint density at radius 2 is 1.70 bits per heavy atom. The van der Waals surface area contributed by atoms with Crippen LogP contribution < -0.4 is 10.1 Å². The maximum absolute atomic E-state index is 12.8. The molecule has 0 radical (unpaired) electrons. The van der Waals surface area contributed by atoms with Crippen molar-refractivity contribution in [3.05, 3.63) is 89.3 Å². The number of carbonyl (C=O) groups is 1. The molecular formula is C21H16ClN3O2. The zero-order chi connectivity index (χ0) is 18.8. The number of para-hydroxylation sites is 1. The van der Waals surface area contributed by atoms with Gasteiger partial charge in [-0.3, -0.25) is 9.20 Å². The highest BCUT2D eigenvalue weighted by Crippen LogP contribution is 2.23. The van der Waals surface area contributed by atoms with Gasteiger partial charge in [0.1, 0.15) is 22.8 Å². The molecule has 1 amide bonds. The van der Waals surface area contributed by atoms with E-state index in [0.717, 1.165) is 5.75 Å². The van der Waals surface area contributed by atoms with Crippen molar-refractivity contribution in [3.63, 3.8) is 0 Å². The van der Waals surface area contributed by atoms with Crippen LogP contribution in [-0.2, 0) is 0 Å². The molecule has 1 N–H and O–H groups in total. The average Bonchev–Trinajstić information content (AvgIpc) is 2.99. The standard InChI is InChI=1S/C21H16ClN3O2/c1-14-20(25-13-15(22)7-12-19(25)23-14)21(26)24-16-8-10-18(11-9-16)27-17-5-3-2-4-6-17/h2-13H,1H3,(H,24,26). The fourth-order valence-corrected chi connectivity index (χ4v) is 2.99. The highest BCUT2D eigenvalue weighted by molar-refractivity contribution is 6.30. The van der Waals surface area contributed by atoms with Crippen LogP contribution in [0.1, 0.15) is 16.2 Å². The minimum Gasteiger partial charge on any atom is -0.457 e. The third-order valence-electron chi connectivity index (χ3n) is 4.06. The lowest BCUT2D eigenvalue weighted by Crippen LogP contribution is -2.15. The van der Waals surface area contributed by atoms with Crippen LogP contribution in [0.2, 0.25) is 5.02 Å². The molecule has 4 rings (SSSR count). The lowest BCUT2D eigenvalue weighted by molar-refractivity contribution is 0.102. The Hall–Kier alpha value is -3.31. The molecule has 2 aromatic carbocycles. The number of nitrogens with zero attached hydrogens (tertiary/aromatic N) is 2. The lowest BCUT2D eigenvalue weighted by Gasteiger charge is -2.08. The topological polar surface area (TPSA) is 55.6 Å². The van der Waals surface area contributed by atoms with Gasteiger partial charge in [0.15, 0.2) is 0 Å². The SMILES string of the molecule is Cc1nc2ccc(Cl)cn2c1C(=O)Nc1ccc(Oc2ccccc2)cc1. The Balaban J connectivity index is 1.53. The number of hydrogen-bond donors (Lipinski definition) is 1. The Bertz CT molecular complexity index is 1110. The number of hydrogen-bond acceptors (Lipinski definition) is 3. The molecule has 0 aliphatic heterocycles. The molecule has 0 unspecified atom stereocenters. The summed E-state index contributed by atoms with van der Waals surface area (Å²) >= 11 is 6.05. The molecule has 0 aliphatic carbocycles. The molecule has 4 aromatic rings. The minimum atomic E-state index is -0.251. The van der Waals surface area contributed by atoms with Crippen LogP contribution in [0, 0.1) is 6.92 Å². The summed E-state index contributed by atoms with van der Waals surface area (Å²) in [6.45, 7) is 1.80. The number of fused-ring (bicyclic) bond motifs is 1. The third kappa shape index (κ3) is 3.64. The van der Waals surface area contributed by atoms with Gasteiger partial charge < -0.3 is 10.1 Å². The van der Waals surface area contributed by atoms with E-state index in [1.807, 2.05) is 30.3 Å². The van der Waals surface area contributed by atoms with Crippen molar-refractivity contribution in [1.82, 2.24) is 9.38 Å². The van der Waals surface area contributed by atoms with Crippen LogP contribution in [0.4, 0.5) is 5.69 Å². The third-order valence-corrected chi connectivity index (χ3v) is 4.29. The van der Waals surface area contributed by atoms with Crippen molar-refractivity contribution in [3.8, 4) is 11.5 Å².